The molecule has 0 aliphatic rings. The number of thiazole rings is 1. The van der Waals surface area contributed by atoms with E-state index >= 15 is 0 Å². The van der Waals surface area contributed by atoms with Crippen LogP contribution in [0.15, 0.2) is 42.5 Å². The zero-order valence-electron chi connectivity index (χ0n) is 15.0. The Morgan fingerprint density at radius 3 is 2.43 bits per heavy atom. The first-order chi connectivity index (χ1) is 13.3. The van der Waals surface area contributed by atoms with Gasteiger partial charge in [-0.05, 0) is 49.7 Å². The second-order valence-corrected chi connectivity index (χ2v) is 7.78. The number of halogens is 2. The van der Waals surface area contributed by atoms with Crippen molar-refractivity contribution < 1.29 is 9.59 Å². The van der Waals surface area contributed by atoms with E-state index in [2.05, 4.69) is 20.9 Å². The summed E-state index contributed by atoms with van der Waals surface area (Å²) in [6.45, 7) is 3.58. The fraction of sp³-hybridized carbons (Fsp3) is 0.105. The van der Waals surface area contributed by atoms with E-state index in [-0.39, 0.29) is 5.91 Å². The number of carbonyl (C=O) groups is 2. The molecule has 2 aromatic carbocycles. The molecule has 0 radical (unpaired) electrons. The van der Waals surface area contributed by atoms with Gasteiger partial charge in [-0.15, -0.1) is 0 Å². The van der Waals surface area contributed by atoms with Gasteiger partial charge in [0.1, 0.15) is 4.88 Å². The van der Waals surface area contributed by atoms with Crippen LogP contribution < -0.4 is 16.0 Å². The summed E-state index contributed by atoms with van der Waals surface area (Å²) in [7, 11) is 0. The Balaban J connectivity index is 1.67. The summed E-state index contributed by atoms with van der Waals surface area (Å²) in [6.07, 6.45) is 0. The van der Waals surface area contributed by atoms with Gasteiger partial charge in [-0.2, -0.15) is 0 Å². The first-order valence-electron chi connectivity index (χ1n) is 8.20. The average Bonchev–Trinajstić information content (AvgIpc) is 2.98. The molecule has 1 aromatic heterocycles. The molecular weight excluding hydrogens is 419 g/mol. The third-order valence-corrected chi connectivity index (χ3v) is 5.45. The lowest BCUT2D eigenvalue weighted by atomic mass is 10.2. The maximum Gasteiger partial charge on any atom is 0.325 e. The Labute approximate surface area is 175 Å². The van der Waals surface area contributed by atoms with Crippen molar-refractivity contribution in [1.82, 2.24) is 4.98 Å². The Morgan fingerprint density at radius 2 is 1.71 bits per heavy atom. The van der Waals surface area contributed by atoms with Crippen LogP contribution in [0.2, 0.25) is 10.0 Å². The van der Waals surface area contributed by atoms with Gasteiger partial charge in [0.05, 0.1) is 5.69 Å². The predicted molar refractivity (Wildman–Crippen MR) is 115 cm³/mol. The molecule has 9 heteroatoms. The lowest BCUT2D eigenvalue weighted by molar-refractivity contribution is 0.103. The molecule has 3 aromatic rings. The molecular formula is C19H16Cl2N4O2S. The predicted octanol–water partition coefficient (Wildman–Crippen LogP) is 5.96. The van der Waals surface area contributed by atoms with Crippen LogP contribution in [0.1, 0.15) is 20.9 Å². The van der Waals surface area contributed by atoms with E-state index in [1.165, 1.54) is 0 Å². The molecule has 3 rings (SSSR count). The van der Waals surface area contributed by atoms with Crippen molar-refractivity contribution in [3.8, 4) is 0 Å². The Morgan fingerprint density at radius 1 is 0.964 bits per heavy atom. The highest BCUT2D eigenvalue weighted by Gasteiger charge is 2.17. The molecule has 28 heavy (non-hydrogen) atoms. The number of amides is 3. The largest absolute Gasteiger partial charge is 0.325 e. The fourth-order valence-electron chi connectivity index (χ4n) is 2.34. The molecule has 0 saturated heterocycles. The number of hydrogen-bond acceptors (Lipinski definition) is 4. The molecule has 0 bridgehead atoms. The number of aryl methyl sites for hydroxylation is 2. The highest BCUT2D eigenvalue weighted by Crippen LogP contribution is 2.25. The SMILES string of the molecule is Cc1ccc(NC(=O)c2sc(NC(=O)Nc3cccc(Cl)c3)nc2C)cc1Cl. The van der Waals surface area contributed by atoms with Crippen molar-refractivity contribution in [2.24, 2.45) is 0 Å². The van der Waals surface area contributed by atoms with Crippen molar-refractivity contribution in [3.63, 3.8) is 0 Å². The van der Waals surface area contributed by atoms with Crippen LogP contribution in [0.25, 0.3) is 0 Å². The van der Waals surface area contributed by atoms with Gasteiger partial charge in [0, 0.05) is 21.4 Å². The summed E-state index contributed by atoms with van der Waals surface area (Å²) >= 11 is 13.1. The van der Waals surface area contributed by atoms with Crippen molar-refractivity contribution in [2.45, 2.75) is 13.8 Å². The number of nitrogens with one attached hydrogen (secondary N) is 3. The Kier molecular flexibility index (Phi) is 6.18. The normalized spacial score (nSPS) is 10.4. The minimum atomic E-state index is -0.478. The standard InChI is InChI=1S/C19H16Cl2N4O2S/c1-10-6-7-14(9-15(10)21)23-17(26)16-11(2)22-19(28-16)25-18(27)24-13-5-3-4-12(20)8-13/h3-9H,1-2H3,(H,23,26)(H2,22,24,25,27). The highest BCUT2D eigenvalue weighted by atomic mass is 35.5. The molecule has 0 fully saturated rings. The van der Waals surface area contributed by atoms with Crippen LogP contribution in [-0.2, 0) is 0 Å². The topological polar surface area (TPSA) is 83.1 Å². The van der Waals surface area contributed by atoms with Crippen molar-refractivity contribution in [3.05, 3.63) is 68.6 Å². The van der Waals surface area contributed by atoms with Crippen LogP contribution in [0.3, 0.4) is 0 Å². The van der Waals surface area contributed by atoms with E-state index in [0.717, 1.165) is 16.9 Å². The molecule has 3 N–H and O–H groups in total. The van der Waals surface area contributed by atoms with Crippen LogP contribution in [-0.4, -0.2) is 16.9 Å². The number of benzene rings is 2. The molecule has 3 amide bonds. The third kappa shape index (κ3) is 5.01. The molecule has 144 valence electrons. The Hall–Kier alpha value is -2.61. The van der Waals surface area contributed by atoms with Gasteiger partial charge in [0.25, 0.3) is 5.91 Å². The van der Waals surface area contributed by atoms with Gasteiger partial charge in [-0.1, -0.05) is 46.7 Å². The van der Waals surface area contributed by atoms with Gasteiger partial charge in [0.2, 0.25) is 0 Å². The summed E-state index contributed by atoms with van der Waals surface area (Å²) in [5.41, 5.74) is 2.57. The number of carbonyl (C=O) groups excluding carboxylic acids is 2. The number of urea groups is 1. The van der Waals surface area contributed by atoms with E-state index in [1.807, 2.05) is 13.0 Å². The van der Waals surface area contributed by atoms with Gasteiger partial charge in [-0.25, -0.2) is 9.78 Å². The monoisotopic (exact) mass is 434 g/mol. The van der Waals surface area contributed by atoms with E-state index in [0.29, 0.717) is 37.1 Å². The van der Waals surface area contributed by atoms with Gasteiger partial charge < -0.3 is 10.6 Å². The minimum Gasteiger partial charge on any atom is -0.321 e. The summed E-state index contributed by atoms with van der Waals surface area (Å²) in [5.74, 6) is -0.321. The van der Waals surface area contributed by atoms with Crippen LogP contribution >= 0.6 is 34.5 Å². The van der Waals surface area contributed by atoms with E-state index in [4.69, 9.17) is 23.2 Å². The van der Waals surface area contributed by atoms with E-state index in [9.17, 15) is 9.59 Å². The minimum absolute atomic E-state index is 0.309. The number of nitrogens with zero attached hydrogens (tertiary/aromatic N) is 1. The number of anilines is 3. The second kappa shape index (κ2) is 8.60. The van der Waals surface area contributed by atoms with Crippen LogP contribution in [0.5, 0.6) is 0 Å². The quantitative estimate of drug-likeness (QED) is 0.473. The van der Waals surface area contributed by atoms with Crippen molar-refractivity contribution >= 4 is 63.0 Å². The van der Waals surface area contributed by atoms with E-state index in [1.54, 1.807) is 43.3 Å². The molecule has 6 nitrogen and oxygen atoms in total. The van der Waals surface area contributed by atoms with Gasteiger partial charge in [0.15, 0.2) is 5.13 Å². The second-order valence-electron chi connectivity index (χ2n) is 5.94. The zero-order valence-corrected chi connectivity index (χ0v) is 17.3. The summed E-state index contributed by atoms with van der Waals surface area (Å²) < 4.78 is 0. The smallest absolute Gasteiger partial charge is 0.321 e. The molecule has 1 heterocycles. The van der Waals surface area contributed by atoms with Crippen LogP contribution in [0, 0.1) is 13.8 Å². The molecule has 0 spiro atoms. The lowest BCUT2D eigenvalue weighted by Gasteiger charge is -2.06. The summed E-state index contributed by atoms with van der Waals surface area (Å²) in [6, 6.07) is 11.6. The average molecular weight is 435 g/mol. The maximum absolute atomic E-state index is 12.5. The number of rotatable bonds is 4. The van der Waals surface area contributed by atoms with Crippen molar-refractivity contribution in [1.29, 1.82) is 0 Å². The number of aromatic nitrogens is 1. The molecule has 0 atom stereocenters. The first kappa shape index (κ1) is 20.1. The van der Waals surface area contributed by atoms with Crippen molar-refractivity contribution in [2.75, 3.05) is 16.0 Å². The first-order valence-corrected chi connectivity index (χ1v) is 9.77. The van der Waals surface area contributed by atoms with Crippen LogP contribution in [0.4, 0.5) is 21.3 Å². The lowest BCUT2D eigenvalue weighted by Crippen LogP contribution is -2.19. The number of hydrogen-bond donors (Lipinski definition) is 3. The molecule has 0 saturated carbocycles. The molecule has 0 aliphatic heterocycles. The summed E-state index contributed by atoms with van der Waals surface area (Å²) in [5, 5.41) is 9.45. The zero-order chi connectivity index (χ0) is 20.3. The van der Waals surface area contributed by atoms with Gasteiger partial charge in [-0.3, -0.25) is 10.1 Å². The Bertz CT molecular complexity index is 1050. The third-order valence-electron chi connectivity index (χ3n) is 3.74. The summed E-state index contributed by atoms with van der Waals surface area (Å²) in [4.78, 5) is 29.3. The highest BCUT2D eigenvalue weighted by molar-refractivity contribution is 7.17. The van der Waals surface area contributed by atoms with E-state index < -0.39 is 6.03 Å². The van der Waals surface area contributed by atoms with Gasteiger partial charge >= 0.3 is 6.03 Å². The fourth-order valence-corrected chi connectivity index (χ4v) is 3.57. The maximum atomic E-state index is 12.5. The molecule has 0 aliphatic carbocycles. The molecule has 0 unspecified atom stereocenters.